The van der Waals surface area contributed by atoms with Gasteiger partial charge in [-0.05, 0) is 31.1 Å². The summed E-state index contributed by atoms with van der Waals surface area (Å²) in [4.78, 5) is 29.3. The van der Waals surface area contributed by atoms with Crippen LogP contribution in [0.1, 0.15) is 42.5 Å². The highest BCUT2D eigenvalue weighted by atomic mass is 16.3. The van der Waals surface area contributed by atoms with Gasteiger partial charge in [-0.2, -0.15) is 0 Å². The Bertz CT molecular complexity index is 915. The molecule has 2 aromatic rings. The third-order valence-electron chi connectivity index (χ3n) is 5.29. The largest absolute Gasteiger partial charge is 0.507 e. The van der Waals surface area contributed by atoms with Crippen molar-refractivity contribution in [1.29, 1.82) is 0 Å². The van der Waals surface area contributed by atoms with Crippen LogP contribution in [0.2, 0.25) is 0 Å². The average Bonchev–Trinajstić information content (AvgIpc) is 2.97. The molecule has 1 N–H and O–H groups in total. The lowest BCUT2D eigenvalue weighted by Crippen LogP contribution is -2.35. The maximum Gasteiger partial charge on any atom is 0.295 e. The number of hydrogen-bond donors (Lipinski definition) is 1. The zero-order valence-corrected chi connectivity index (χ0v) is 17.4. The van der Waals surface area contributed by atoms with Crippen molar-refractivity contribution in [3.63, 3.8) is 0 Å². The highest BCUT2D eigenvalue weighted by Gasteiger charge is 2.45. The summed E-state index contributed by atoms with van der Waals surface area (Å²) in [6.07, 6.45) is 0. The van der Waals surface area contributed by atoms with E-state index in [2.05, 4.69) is 13.8 Å². The molecule has 1 atom stereocenters. The minimum absolute atomic E-state index is 0.130. The van der Waals surface area contributed by atoms with E-state index in [4.69, 9.17) is 0 Å². The standard InChI is InChI=1S/C24H28N2O3/c1-16(2)17-10-12-18(13-11-17)21-20(22(27)19-8-6-5-7-9-19)23(28)24(29)26(21)15-14-25(3)4/h5-13,16,21,27H,14-15H2,1-4H3/b22-20+/t21-/m0/s1. The van der Waals surface area contributed by atoms with Crippen LogP contribution in [0.4, 0.5) is 0 Å². The normalized spacial score (nSPS) is 18.8. The Morgan fingerprint density at radius 2 is 1.66 bits per heavy atom. The third kappa shape index (κ3) is 4.25. The second kappa shape index (κ2) is 8.62. The lowest BCUT2D eigenvalue weighted by atomic mass is 9.93. The monoisotopic (exact) mass is 392 g/mol. The molecule has 1 amide bonds. The molecule has 1 fully saturated rings. The van der Waals surface area contributed by atoms with E-state index in [1.54, 1.807) is 29.2 Å². The molecule has 5 nitrogen and oxygen atoms in total. The molecule has 5 heteroatoms. The molecule has 2 aromatic carbocycles. The minimum atomic E-state index is -0.636. The molecule has 0 aliphatic carbocycles. The highest BCUT2D eigenvalue weighted by Crippen LogP contribution is 2.39. The van der Waals surface area contributed by atoms with E-state index in [0.29, 0.717) is 24.6 Å². The number of ketones is 1. The summed E-state index contributed by atoms with van der Waals surface area (Å²) in [6, 6.07) is 16.3. The van der Waals surface area contributed by atoms with Crippen LogP contribution in [0, 0.1) is 0 Å². The number of hydrogen-bond acceptors (Lipinski definition) is 4. The van der Waals surface area contributed by atoms with Gasteiger partial charge in [-0.1, -0.05) is 68.4 Å². The Balaban J connectivity index is 2.11. The number of rotatable bonds is 6. The number of Topliss-reactive ketones (excluding diaryl/α,β-unsaturated/α-hetero) is 1. The topological polar surface area (TPSA) is 60.9 Å². The van der Waals surface area contributed by atoms with Crippen LogP contribution in [0.3, 0.4) is 0 Å². The fraction of sp³-hybridized carbons (Fsp3) is 0.333. The molecule has 0 spiro atoms. The predicted octanol–water partition coefficient (Wildman–Crippen LogP) is 3.79. The maximum atomic E-state index is 12.9. The molecular weight excluding hydrogens is 364 g/mol. The minimum Gasteiger partial charge on any atom is -0.507 e. The molecule has 0 aromatic heterocycles. The smallest absolute Gasteiger partial charge is 0.295 e. The van der Waals surface area contributed by atoms with E-state index in [1.807, 2.05) is 49.3 Å². The van der Waals surface area contributed by atoms with Gasteiger partial charge >= 0.3 is 0 Å². The third-order valence-corrected chi connectivity index (χ3v) is 5.29. The molecule has 0 saturated carbocycles. The van der Waals surface area contributed by atoms with Gasteiger partial charge in [-0.15, -0.1) is 0 Å². The predicted molar refractivity (Wildman–Crippen MR) is 115 cm³/mol. The molecule has 152 valence electrons. The van der Waals surface area contributed by atoms with E-state index in [9.17, 15) is 14.7 Å². The van der Waals surface area contributed by atoms with Crippen LogP contribution in [-0.2, 0) is 9.59 Å². The van der Waals surface area contributed by atoms with Gasteiger partial charge in [0.2, 0.25) is 0 Å². The summed E-state index contributed by atoms with van der Waals surface area (Å²) < 4.78 is 0. The molecule has 0 radical (unpaired) electrons. The van der Waals surface area contributed by atoms with E-state index in [0.717, 1.165) is 5.56 Å². The van der Waals surface area contributed by atoms with Crippen LogP contribution < -0.4 is 0 Å². The van der Waals surface area contributed by atoms with Crippen molar-refractivity contribution in [2.75, 3.05) is 27.2 Å². The molecule has 0 bridgehead atoms. The van der Waals surface area contributed by atoms with Gasteiger partial charge in [-0.3, -0.25) is 9.59 Å². The van der Waals surface area contributed by atoms with Crippen molar-refractivity contribution in [1.82, 2.24) is 9.80 Å². The summed E-state index contributed by atoms with van der Waals surface area (Å²) in [6.45, 7) is 5.26. The van der Waals surface area contributed by atoms with Gasteiger partial charge in [0.05, 0.1) is 11.6 Å². The van der Waals surface area contributed by atoms with Crippen LogP contribution in [0.25, 0.3) is 5.76 Å². The van der Waals surface area contributed by atoms with Gasteiger partial charge in [0.15, 0.2) is 0 Å². The molecule has 0 unspecified atom stereocenters. The second-order valence-electron chi connectivity index (χ2n) is 7.98. The molecular formula is C24H28N2O3. The van der Waals surface area contributed by atoms with Crippen LogP contribution in [0.15, 0.2) is 60.2 Å². The van der Waals surface area contributed by atoms with E-state index >= 15 is 0 Å². The number of nitrogens with zero attached hydrogens (tertiary/aromatic N) is 2. The highest BCUT2D eigenvalue weighted by molar-refractivity contribution is 6.46. The lowest BCUT2D eigenvalue weighted by Gasteiger charge is -2.27. The first-order valence-corrected chi connectivity index (χ1v) is 9.89. The summed E-state index contributed by atoms with van der Waals surface area (Å²) in [5.74, 6) is -0.951. The Labute approximate surface area is 172 Å². The quantitative estimate of drug-likeness (QED) is 0.462. The van der Waals surface area contributed by atoms with Crippen molar-refractivity contribution >= 4 is 17.4 Å². The first kappa shape index (κ1) is 20.8. The number of carbonyl (C=O) groups excluding carboxylic acids is 2. The molecule has 29 heavy (non-hydrogen) atoms. The van der Waals surface area contributed by atoms with Gasteiger partial charge in [0, 0.05) is 18.7 Å². The first-order valence-electron chi connectivity index (χ1n) is 9.89. The van der Waals surface area contributed by atoms with Crippen LogP contribution >= 0.6 is 0 Å². The van der Waals surface area contributed by atoms with Crippen LogP contribution in [-0.4, -0.2) is 53.8 Å². The van der Waals surface area contributed by atoms with Crippen molar-refractivity contribution < 1.29 is 14.7 Å². The maximum absolute atomic E-state index is 12.9. The van der Waals surface area contributed by atoms with Crippen molar-refractivity contribution in [2.45, 2.75) is 25.8 Å². The Morgan fingerprint density at radius 1 is 1.03 bits per heavy atom. The van der Waals surface area contributed by atoms with Gasteiger partial charge in [0.1, 0.15) is 5.76 Å². The Morgan fingerprint density at radius 3 is 2.21 bits per heavy atom. The summed E-state index contributed by atoms with van der Waals surface area (Å²) in [5, 5.41) is 10.9. The fourth-order valence-electron chi connectivity index (χ4n) is 3.58. The molecule has 1 heterocycles. The summed E-state index contributed by atoms with van der Waals surface area (Å²) >= 11 is 0. The number of benzene rings is 2. The van der Waals surface area contributed by atoms with E-state index in [-0.39, 0.29) is 11.3 Å². The number of aliphatic hydroxyl groups excluding tert-OH is 1. The Kier molecular flexibility index (Phi) is 6.18. The summed E-state index contributed by atoms with van der Waals surface area (Å²) in [5.41, 5.74) is 2.69. The molecule has 1 aliphatic heterocycles. The first-order chi connectivity index (χ1) is 13.8. The van der Waals surface area contributed by atoms with Crippen molar-refractivity contribution in [2.24, 2.45) is 0 Å². The fourth-order valence-corrected chi connectivity index (χ4v) is 3.58. The van der Waals surface area contributed by atoms with E-state index < -0.39 is 17.7 Å². The number of likely N-dealkylation sites (tertiary alicyclic amines) is 1. The zero-order valence-electron chi connectivity index (χ0n) is 17.4. The summed E-state index contributed by atoms with van der Waals surface area (Å²) in [7, 11) is 3.85. The average molecular weight is 392 g/mol. The van der Waals surface area contributed by atoms with Crippen LogP contribution in [0.5, 0.6) is 0 Å². The SMILES string of the molecule is CC(C)c1ccc([C@H]2/C(=C(\O)c3ccccc3)C(=O)C(=O)N2CCN(C)C)cc1. The molecule has 1 saturated heterocycles. The Hall–Kier alpha value is -2.92. The van der Waals surface area contributed by atoms with Gasteiger partial charge < -0.3 is 14.9 Å². The number of aliphatic hydroxyl groups is 1. The van der Waals surface area contributed by atoms with Crippen molar-refractivity contribution in [3.8, 4) is 0 Å². The zero-order chi connectivity index (χ0) is 21.1. The van der Waals surface area contributed by atoms with Gasteiger partial charge in [0.25, 0.3) is 11.7 Å². The van der Waals surface area contributed by atoms with Gasteiger partial charge in [-0.25, -0.2) is 0 Å². The van der Waals surface area contributed by atoms with E-state index in [1.165, 1.54) is 5.56 Å². The number of carbonyl (C=O) groups is 2. The van der Waals surface area contributed by atoms with Crippen molar-refractivity contribution in [3.05, 3.63) is 76.9 Å². The molecule has 3 rings (SSSR count). The number of amides is 1. The molecule has 1 aliphatic rings. The second-order valence-corrected chi connectivity index (χ2v) is 7.98. The lowest BCUT2D eigenvalue weighted by molar-refractivity contribution is -0.140. The number of likely N-dealkylation sites (N-methyl/N-ethyl adjacent to an activating group) is 1.